The van der Waals surface area contributed by atoms with E-state index in [2.05, 4.69) is 18.0 Å². The molecule has 4 aliphatic rings. The Morgan fingerprint density at radius 2 is 2.00 bits per heavy atom. The molecule has 0 aromatic heterocycles. The molecule has 0 spiro atoms. The fourth-order valence-corrected chi connectivity index (χ4v) is 4.54. The summed E-state index contributed by atoms with van der Waals surface area (Å²) < 4.78 is 22.4. The fourth-order valence-electron chi connectivity index (χ4n) is 4.54. The average molecular weight is 392 g/mol. The standard InChI is InChI=1S/C18H19NO5.HNO3/c1-19-4-3-9-5-14(21-2)17-15(16(9)19)10-6-12-13(23-8-22-12)7-11(10)18(20)24-17;2-1(3)4/h5-7,14-17H,3-4,8H2,1-2H3;(H,2,3,4). The molecule has 3 aliphatic heterocycles. The number of fused-ring (bicyclic) bond motifs is 6. The third-order valence-corrected chi connectivity index (χ3v) is 5.64. The highest BCUT2D eigenvalue weighted by Gasteiger charge is 2.51. The number of carbonyl (C=O) groups excluding carboxylic acids is 1. The highest BCUT2D eigenvalue weighted by atomic mass is 16.9. The maximum atomic E-state index is 12.6. The average Bonchev–Trinajstić information content (AvgIpc) is 3.25. The topological polar surface area (TPSA) is 121 Å². The zero-order valence-corrected chi connectivity index (χ0v) is 15.4. The van der Waals surface area contributed by atoms with E-state index < -0.39 is 5.09 Å². The van der Waals surface area contributed by atoms with Gasteiger partial charge < -0.3 is 24.2 Å². The summed E-state index contributed by atoms with van der Waals surface area (Å²) in [5.74, 6) is 1.04. The van der Waals surface area contributed by atoms with Crippen LogP contribution in [0.2, 0.25) is 0 Å². The van der Waals surface area contributed by atoms with Gasteiger partial charge in [-0.2, -0.15) is 0 Å². The second-order valence-corrected chi connectivity index (χ2v) is 7.04. The first kappa shape index (κ1) is 18.5. The number of carbonyl (C=O) groups is 1. The Bertz CT molecular complexity index is 850. The lowest BCUT2D eigenvalue weighted by atomic mass is 9.73. The Morgan fingerprint density at radius 1 is 1.32 bits per heavy atom. The van der Waals surface area contributed by atoms with Crippen molar-refractivity contribution in [3.05, 3.63) is 45.0 Å². The Labute approximate surface area is 160 Å². The minimum atomic E-state index is -1.50. The lowest BCUT2D eigenvalue weighted by molar-refractivity contribution is -0.742. The highest BCUT2D eigenvalue weighted by molar-refractivity contribution is 5.94. The lowest BCUT2D eigenvalue weighted by Gasteiger charge is -2.44. The first-order valence-electron chi connectivity index (χ1n) is 8.82. The van der Waals surface area contributed by atoms with Gasteiger partial charge in [-0.3, -0.25) is 4.90 Å². The van der Waals surface area contributed by atoms with Crippen molar-refractivity contribution < 1.29 is 34.0 Å². The molecule has 1 fully saturated rings. The molecule has 150 valence electrons. The summed E-state index contributed by atoms with van der Waals surface area (Å²) in [6, 6.07) is 3.94. The van der Waals surface area contributed by atoms with Crippen molar-refractivity contribution in [2.24, 2.45) is 0 Å². The van der Waals surface area contributed by atoms with E-state index in [9.17, 15) is 4.79 Å². The number of ether oxygens (including phenoxy) is 4. The van der Waals surface area contributed by atoms with Gasteiger partial charge in [0, 0.05) is 25.6 Å². The minimum absolute atomic E-state index is 0.0460. The maximum Gasteiger partial charge on any atom is 0.338 e. The van der Waals surface area contributed by atoms with Gasteiger partial charge in [-0.25, -0.2) is 4.79 Å². The molecule has 0 bridgehead atoms. The second-order valence-electron chi connectivity index (χ2n) is 7.04. The van der Waals surface area contributed by atoms with Crippen LogP contribution < -0.4 is 9.47 Å². The van der Waals surface area contributed by atoms with Gasteiger partial charge >= 0.3 is 5.97 Å². The van der Waals surface area contributed by atoms with Gasteiger partial charge in [-0.05, 0) is 31.2 Å². The summed E-state index contributed by atoms with van der Waals surface area (Å²) in [6.45, 7) is 1.19. The Balaban J connectivity index is 0.000000442. The number of methoxy groups -OCH3 is 1. The van der Waals surface area contributed by atoms with E-state index in [1.807, 2.05) is 6.07 Å². The molecule has 1 saturated heterocycles. The third-order valence-electron chi connectivity index (χ3n) is 5.64. The van der Waals surface area contributed by atoms with Crippen LogP contribution in [0.4, 0.5) is 0 Å². The lowest BCUT2D eigenvalue weighted by Crippen LogP contribution is -2.51. The predicted molar refractivity (Wildman–Crippen MR) is 93.2 cm³/mol. The summed E-state index contributed by atoms with van der Waals surface area (Å²) in [5.41, 5.74) is 2.93. The van der Waals surface area contributed by atoms with E-state index in [1.165, 1.54) is 5.57 Å². The molecule has 1 aliphatic carbocycles. The molecule has 1 aromatic rings. The van der Waals surface area contributed by atoms with Crippen molar-refractivity contribution in [2.45, 2.75) is 30.6 Å². The van der Waals surface area contributed by atoms with E-state index in [-0.39, 0.29) is 36.9 Å². The second kappa shape index (κ2) is 6.95. The number of rotatable bonds is 1. The molecule has 0 saturated carbocycles. The van der Waals surface area contributed by atoms with Crippen LogP contribution in [0.25, 0.3) is 0 Å². The van der Waals surface area contributed by atoms with Crippen LogP contribution in [0.5, 0.6) is 11.5 Å². The maximum absolute atomic E-state index is 12.6. The molecule has 10 nitrogen and oxygen atoms in total. The largest absolute Gasteiger partial charge is 0.455 e. The van der Waals surface area contributed by atoms with E-state index in [4.69, 9.17) is 34.3 Å². The van der Waals surface area contributed by atoms with Crippen molar-refractivity contribution in [1.82, 2.24) is 4.90 Å². The number of hydrogen-bond acceptors (Lipinski definition) is 8. The number of likely N-dealkylation sites (tertiary alicyclic amines) is 1. The van der Waals surface area contributed by atoms with Crippen molar-refractivity contribution in [3.8, 4) is 11.5 Å². The van der Waals surface area contributed by atoms with E-state index in [1.54, 1.807) is 13.2 Å². The summed E-state index contributed by atoms with van der Waals surface area (Å²) in [5, 5.41) is 13.6. The summed E-state index contributed by atoms with van der Waals surface area (Å²) in [7, 11) is 3.79. The zero-order chi connectivity index (χ0) is 20.0. The van der Waals surface area contributed by atoms with Crippen molar-refractivity contribution in [2.75, 3.05) is 27.5 Å². The third kappa shape index (κ3) is 2.94. The Kier molecular flexibility index (Phi) is 4.60. The molecule has 10 heteroatoms. The smallest absolute Gasteiger partial charge is 0.338 e. The quantitative estimate of drug-likeness (QED) is 0.327. The van der Waals surface area contributed by atoms with Crippen LogP contribution in [0.15, 0.2) is 23.8 Å². The molecule has 4 atom stereocenters. The molecule has 28 heavy (non-hydrogen) atoms. The predicted octanol–water partition coefficient (Wildman–Crippen LogP) is 1.35. The molecule has 4 unspecified atom stereocenters. The first-order chi connectivity index (χ1) is 13.4. The van der Waals surface area contributed by atoms with Crippen LogP contribution in [0, 0.1) is 10.1 Å². The SMILES string of the molecule is COC1C=C2CCN(C)C2C2c3cc4c(cc3C(=O)OC12)OCO4.O=[N+]([O-])O. The van der Waals surface area contributed by atoms with Crippen LogP contribution in [-0.4, -0.2) is 66.9 Å². The van der Waals surface area contributed by atoms with Crippen molar-refractivity contribution in [3.63, 3.8) is 0 Å². The molecule has 0 radical (unpaired) electrons. The normalized spacial score (nSPS) is 29.5. The number of benzene rings is 1. The molecular formula is C18H20N2O8. The molecule has 1 aromatic carbocycles. The summed E-state index contributed by atoms with van der Waals surface area (Å²) in [4.78, 5) is 23.3. The Hall–Kier alpha value is -2.85. The molecule has 3 heterocycles. The van der Waals surface area contributed by atoms with Gasteiger partial charge in [0.1, 0.15) is 12.2 Å². The molecular weight excluding hydrogens is 372 g/mol. The van der Waals surface area contributed by atoms with Gasteiger partial charge in [0.25, 0.3) is 5.09 Å². The van der Waals surface area contributed by atoms with Crippen LogP contribution in [0.1, 0.15) is 28.3 Å². The molecule has 5 rings (SSSR count). The van der Waals surface area contributed by atoms with Crippen molar-refractivity contribution in [1.29, 1.82) is 0 Å². The first-order valence-corrected chi connectivity index (χ1v) is 8.82. The number of hydrogen-bond donors (Lipinski definition) is 1. The summed E-state index contributed by atoms with van der Waals surface area (Å²) in [6.07, 6.45) is 2.64. The highest BCUT2D eigenvalue weighted by Crippen LogP contribution is 2.49. The van der Waals surface area contributed by atoms with E-state index >= 15 is 0 Å². The number of nitrogens with zero attached hydrogens (tertiary/aromatic N) is 2. The fraction of sp³-hybridized carbons (Fsp3) is 0.500. The van der Waals surface area contributed by atoms with Gasteiger partial charge in [-0.15, -0.1) is 10.1 Å². The van der Waals surface area contributed by atoms with Gasteiger partial charge in [0.05, 0.1) is 5.56 Å². The Morgan fingerprint density at radius 3 is 2.68 bits per heavy atom. The molecule has 1 N–H and O–H groups in total. The summed E-state index contributed by atoms with van der Waals surface area (Å²) >= 11 is 0. The number of esters is 1. The zero-order valence-electron chi connectivity index (χ0n) is 15.4. The van der Waals surface area contributed by atoms with Crippen LogP contribution in [0.3, 0.4) is 0 Å². The van der Waals surface area contributed by atoms with Crippen LogP contribution >= 0.6 is 0 Å². The molecule has 0 amide bonds. The van der Waals surface area contributed by atoms with E-state index in [0.29, 0.717) is 17.1 Å². The number of likely N-dealkylation sites (N-methyl/N-ethyl adjacent to an activating group) is 1. The van der Waals surface area contributed by atoms with Gasteiger partial charge in [0.2, 0.25) is 6.79 Å². The van der Waals surface area contributed by atoms with Gasteiger partial charge in [-0.1, -0.05) is 11.6 Å². The van der Waals surface area contributed by atoms with Crippen molar-refractivity contribution >= 4 is 5.97 Å². The minimum Gasteiger partial charge on any atom is -0.455 e. The van der Waals surface area contributed by atoms with E-state index in [0.717, 1.165) is 18.5 Å². The van der Waals surface area contributed by atoms with Gasteiger partial charge in [0.15, 0.2) is 11.5 Å². The van der Waals surface area contributed by atoms with Crippen LogP contribution in [-0.2, 0) is 9.47 Å². The monoisotopic (exact) mass is 392 g/mol.